The molecule has 0 spiro atoms. The Bertz CT molecular complexity index is 444. The van der Waals surface area contributed by atoms with Gasteiger partial charge in [-0.1, -0.05) is 13.8 Å². The molecule has 0 radical (unpaired) electrons. The van der Waals surface area contributed by atoms with Gasteiger partial charge in [-0.05, 0) is 49.9 Å². The predicted molar refractivity (Wildman–Crippen MR) is 76.2 cm³/mol. The van der Waals surface area contributed by atoms with Gasteiger partial charge in [0.1, 0.15) is 11.6 Å². The van der Waals surface area contributed by atoms with Gasteiger partial charge in [0.15, 0.2) is 0 Å². The Morgan fingerprint density at radius 3 is 2.63 bits per heavy atom. The Morgan fingerprint density at radius 1 is 1.37 bits per heavy atom. The first-order valence-corrected chi connectivity index (χ1v) is 6.56. The average Bonchev–Trinajstić information content (AvgIpc) is 2.31. The number of aryl methyl sites for hydroxylation is 1. The molecule has 0 fully saturated rings. The number of halogens is 1. The van der Waals surface area contributed by atoms with Gasteiger partial charge in [-0.3, -0.25) is 5.41 Å². The number of hydrogen-bond acceptors (Lipinski definition) is 2. The van der Waals surface area contributed by atoms with E-state index >= 15 is 0 Å². The summed E-state index contributed by atoms with van der Waals surface area (Å²) in [5.41, 5.74) is 6.09. The van der Waals surface area contributed by atoms with Gasteiger partial charge in [0.25, 0.3) is 0 Å². The van der Waals surface area contributed by atoms with Crippen LogP contribution in [0.25, 0.3) is 0 Å². The van der Waals surface area contributed by atoms with Crippen molar-refractivity contribution in [3.8, 4) is 5.75 Å². The van der Waals surface area contributed by atoms with Crippen molar-refractivity contribution >= 4 is 5.84 Å². The van der Waals surface area contributed by atoms with E-state index in [1.165, 1.54) is 12.1 Å². The molecule has 1 aromatic rings. The lowest BCUT2D eigenvalue weighted by atomic mass is 9.86. The molecular formula is C15H23FN2O. The summed E-state index contributed by atoms with van der Waals surface area (Å²) in [6, 6.07) is 4.53. The average molecular weight is 266 g/mol. The Hall–Kier alpha value is -1.58. The van der Waals surface area contributed by atoms with Crippen LogP contribution >= 0.6 is 0 Å². The Labute approximate surface area is 114 Å². The van der Waals surface area contributed by atoms with E-state index in [2.05, 4.69) is 0 Å². The summed E-state index contributed by atoms with van der Waals surface area (Å²) in [4.78, 5) is 0. The van der Waals surface area contributed by atoms with Crippen molar-refractivity contribution in [2.75, 3.05) is 6.61 Å². The topological polar surface area (TPSA) is 59.1 Å². The molecule has 0 aliphatic carbocycles. The molecule has 0 unspecified atom stereocenters. The van der Waals surface area contributed by atoms with Crippen molar-refractivity contribution in [1.82, 2.24) is 0 Å². The van der Waals surface area contributed by atoms with E-state index in [-0.39, 0.29) is 17.1 Å². The summed E-state index contributed by atoms with van der Waals surface area (Å²) in [5.74, 6) is 0.711. The van der Waals surface area contributed by atoms with E-state index in [0.717, 1.165) is 30.6 Å². The maximum atomic E-state index is 12.9. The summed E-state index contributed by atoms with van der Waals surface area (Å²) in [5, 5.41) is 7.47. The molecule has 1 rings (SSSR count). The molecule has 0 heterocycles. The highest BCUT2D eigenvalue weighted by molar-refractivity contribution is 5.82. The number of ether oxygens (including phenoxy) is 1. The normalized spacial score (nSPS) is 11.4. The van der Waals surface area contributed by atoms with E-state index in [0.29, 0.717) is 6.61 Å². The van der Waals surface area contributed by atoms with Crippen LogP contribution in [0.3, 0.4) is 0 Å². The zero-order chi connectivity index (χ0) is 14.5. The molecule has 0 aliphatic heterocycles. The molecule has 1 aromatic carbocycles. The smallest absolute Gasteiger partial charge is 0.123 e. The second kappa shape index (κ2) is 6.55. The number of amidine groups is 1. The molecule has 0 aliphatic rings. The number of benzene rings is 1. The maximum Gasteiger partial charge on any atom is 0.123 e. The number of hydrogen-bond donors (Lipinski definition) is 2. The first-order valence-electron chi connectivity index (χ1n) is 6.56. The minimum atomic E-state index is -0.244. The first-order chi connectivity index (χ1) is 8.83. The standard InChI is InChI=1S/C15H23FN2O/c1-11-10-12(16)6-7-13(11)19-9-5-4-8-15(2,3)14(17)18/h6-7,10H,4-5,8-9H2,1-3H3,(H3,17,18). The van der Waals surface area contributed by atoms with Crippen LogP contribution in [0.5, 0.6) is 5.75 Å². The van der Waals surface area contributed by atoms with Crippen molar-refractivity contribution in [3.05, 3.63) is 29.6 Å². The second-order valence-electron chi connectivity index (χ2n) is 5.51. The highest BCUT2D eigenvalue weighted by atomic mass is 19.1. The third kappa shape index (κ3) is 4.89. The van der Waals surface area contributed by atoms with Crippen LogP contribution in [0.2, 0.25) is 0 Å². The zero-order valence-electron chi connectivity index (χ0n) is 11.9. The van der Waals surface area contributed by atoms with Gasteiger partial charge in [0.2, 0.25) is 0 Å². The van der Waals surface area contributed by atoms with Gasteiger partial charge in [-0.2, -0.15) is 0 Å². The lowest BCUT2D eigenvalue weighted by Crippen LogP contribution is -2.30. The SMILES string of the molecule is Cc1cc(F)ccc1OCCCCC(C)(C)C(=N)N. The summed E-state index contributed by atoms with van der Waals surface area (Å²) >= 11 is 0. The summed E-state index contributed by atoms with van der Waals surface area (Å²) in [6.07, 6.45) is 2.72. The number of rotatable bonds is 7. The van der Waals surface area contributed by atoms with Crippen LogP contribution in [0.4, 0.5) is 4.39 Å². The number of unbranched alkanes of at least 4 members (excludes halogenated alkanes) is 1. The van der Waals surface area contributed by atoms with Crippen molar-refractivity contribution in [3.63, 3.8) is 0 Å². The fraction of sp³-hybridized carbons (Fsp3) is 0.533. The van der Waals surface area contributed by atoms with Gasteiger partial charge < -0.3 is 10.5 Å². The number of nitrogens with one attached hydrogen (secondary N) is 1. The molecule has 0 atom stereocenters. The molecular weight excluding hydrogens is 243 g/mol. The molecule has 0 bridgehead atoms. The van der Waals surface area contributed by atoms with E-state index < -0.39 is 0 Å². The maximum absolute atomic E-state index is 12.9. The van der Waals surface area contributed by atoms with Crippen LogP contribution in [0.15, 0.2) is 18.2 Å². The summed E-state index contributed by atoms with van der Waals surface area (Å²) in [7, 11) is 0. The van der Waals surface area contributed by atoms with Gasteiger partial charge in [0.05, 0.1) is 12.4 Å². The highest BCUT2D eigenvalue weighted by Gasteiger charge is 2.20. The fourth-order valence-electron chi connectivity index (χ4n) is 1.76. The van der Waals surface area contributed by atoms with Crippen molar-refractivity contribution < 1.29 is 9.13 Å². The van der Waals surface area contributed by atoms with Crippen LogP contribution in [0, 0.1) is 23.6 Å². The largest absolute Gasteiger partial charge is 0.493 e. The lowest BCUT2D eigenvalue weighted by molar-refractivity contribution is 0.294. The molecule has 3 N–H and O–H groups in total. The molecule has 106 valence electrons. The van der Waals surface area contributed by atoms with E-state index in [1.807, 2.05) is 20.8 Å². The van der Waals surface area contributed by atoms with E-state index in [1.54, 1.807) is 6.07 Å². The van der Waals surface area contributed by atoms with E-state index in [4.69, 9.17) is 15.9 Å². The van der Waals surface area contributed by atoms with Crippen LogP contribution in [0.1, 0.15) is 38.7 Å². The van der Waals surface area contributed by atoms with Gasteiger partial charge in [-0.25, -0.2) is 4.39 Å². The molecule has 0 aromatic heterocycles. The summed E-state index contributed by atoms with van der Waals surface area (Å²) < 4.78 is 18.5. The van der Waals surface area contributed by atoms with Crippen LogP contribution in [-0.4, -0.2) is 12.4 Å². The van der Waals surface area contributed by atoms with Gasteiger partial charge >= 0.3 is 0 Å². The molecule has 3 nitrogen and oxygen atoms in total. The van der Waals surface area contributed by atoms with Crippen LogP contribution < -0.4 is 10.5 Å². The third-order valence-electron chi connectivity index (χ3n) is 3.32. The minimum Gasteiger partial charge on any atom is -0.493 e. The minimum absolute atomic E-state index is 0.225. The van der Waals surface area contributed by atoms with Crippen LogP contribution in [-0.2, 0) is 0 Å². The van der Waals surface area contributed by atoms with Crippen molar-refractivity contribution in [1.29, 1.82) is 5.41 Å². The second-order valence-corrected chi connectivity index (χ2v) is 5.51. The Kier molecular flexibility index (Phi) is 5.33. The fourth-order valence-corrected chi connectivity index (χ4v) is 1.76. The summed E-state index contributed by atoms with van der Waals surface area (Å²) in [6.45, 7) is 6.37. The number of nitrogens with two attached hydrogens (primary N) is 1. The van der Waals surface area contributed by atoms with Crippen molar-refractivity contribution in [2.24, 2.45) is 11.1 Å². The molecule has 0 amide bonds. The monoisotopic (exact) mass is 266 g/mol. The van der Waals surface area contributed by atoms with Gasteiger partial charge in [0, 0.05) is 5.41 Å². The zero-order valence-corrected chi connectivity index (χ0v) is 11.9. The molecule has 19 heavy (non-hydrogen) atoms. The Morgan fingerprint density at radius 2 is 2.05 bits per heavy atom. The van der Waals surface area contributed by atoms with Crippen molar-refractivity contribution in [2.45, 2.75) is 40.0 Å². The third-order valence-corrected chi connectivity index (χ3v) is 3.32. The molecule has 4 heteroatoms. The van der Waals surface area contributed by atoms with Gasteiger partial charge in [-0.15, -0.1) is 0 Å². The van der Waals surface area contributed by atoms with E-state index in [9.17, 15) is 4.39 Å². The first kappa shape index (κ1) is 15.5. The lowest BCUT2D eigenvalue weighted by Gasteiger charge is -2.22. The quantitative estimate of drug-likeness (QED) is 0.449. The highest BCUT2D eigenvalue weighted by Crippen LogP contribution is 2.23. The molecule has 0 saturated carbocycles. The Balaban J connectivity index is 2.30. The molecule has 0 saturated heterocycles. The predicted octanol–water partition coefficient (Wildman–Crippen LogP) is 3.65.